The van der Waals surface area contributed by atoms with Gasteiger partial charge < -0.3 is 4.74 Å². The van der Waals surface area contributed by atoms with Gasteiger partial charge in [-0.1, -0.05) is 12.1 Å². The molecule has 0 N–H and O–H groups in total. The minimum atomic E-state index is -4.64. The van der Waals surface area contributed by atoms with Crippen LogP contribution in [-0.4, -0.2) is 54.8 Å². The van der Waals surface area contributed by atoms with Crippen LogP contribution in [0.2, 0.25) is 0 Å². The van der Waals surface area contributed by atoms with Gasteiger partial charge in [0.2, 0.25) is 0 Å². The summed E-state index contributed by atoms with van der Waals surface area (Å²) >= 11 is 5.71. The van der Waals surface area contributed by atoms with Gasteiger partial charge in [0, 0.05) is 45.1 Å². The summed E-state index contributed by atoms with van der Waals surface area (Å²) in [6.07, 6.45) is -4.64. The fraction of sp³-hybridized carbons (Fsp3) is 0.571. The molecule has 0 unspecified atom stereocenters. The van der Waals surface area contributed by atoms with Gasteiger partial charge in [-0.2, -0.15) is 0 Å². The van der Waals surface area contributed by atoms with Crippen molar-refractivity contribution in [3.8, 4) is 5.75 Å². The molecule has 0 spiro atoms. The van der Waals surface area contributed by atoms with Gasteiger partial charge in [0.15, 0.2) is 0 Å². The zero-order valence-electron chi connectivity index (χ0n) is 11.6. The lowest BCUT2D eigenvalue weighted by atomic mass is 10.2. The highest BCUT2D eigenvalue weighted by Gasteiger charge is 2.30. The van der Waals surface area contributed by atoms with Gasteiger partial charge in [-0.3, -0.25) is 9.80 Å². The Labute approximate surface area is 127 Å². The van der Waals surface area contributed by atoms with Crippen LogP contribution < -0.4 is 4.74 Å². The average Bonchev–Trinajstić information content (AvgIpc) is 2.42. The molecule has 1 aromatic rings. The van der Waals surface area contributed by atoms with Crippen LogP contribution in [-0.2, 0) is 6.54 Å². The van der Waals surface area contributed by atoms with Crippen molar-refractivity contribution in [2.75, 3.05) is 38.6 Å². The Hall–Kier alpha value is -0.980. The molecule has 1 aliphatic rings. The van der Waals surface area contributed by atoms with Crippen molar-refractivity contribution in [3.63, 3.8) is 0 Å². The van der Waals surface area contributed by atoms with Crippen LogP contribution in [0.25, 0.3) is 0 Å². The molecule has 1 heterocycles. The van der Waals surface area contributed by atoms with Crippen LogP contribution in [0.15, 0.2) is 24.3 Å². The van der Waals surface area contributed by atoms with Gasteiger partial charge in [0.1, 0.15) is 5.75 Å². The van der Waals surface area contributed by atoms with Crippen molar-refractivity contribution in [2.45, 2.75) is 12.9 Å². The molecule has 0 amide bonds. The molecule has 0 aromatic heterocycles. The van der Waals surface area contributed by atoms with E-state index in [4.69, 9.17) is 11.6 Å². The van der Waals surface area contributed by atoms with Crippen LogP contribution >= 0.6 is 11.6 Å². The molecule has 1 saturated heterocycles. The van der Waals surface area contributed by atoms with Crippen LogP contribution in [0.4, 0.5) is 13.2 Å². The second-order valence-electron chi connectivity index (χ2n) is 5.00. The monoisotopic (exact) mass is 322 g/mol. The lowest BCUT2D eigenvalue weighted by Gasteiger charge is -2.34. The summed E-state index contributed by atoms with van der Waals surface area (Å²) in [7, 11) is 0. The van der Waals surface area contributed by atoms with Gasteiger partial charge in [-0.25, -0.2) is 0 Å². The smallest absolute Gasteiger partial charge is 0.406 e. The molecule has 1 aromatic carbocycles. The number of rotatable bonds is 5. The number of ether oxygens (including phenoxy) is 1. The molecule has 7 heteroatoms. The molecule has 0 radical (unpaired) electrons. The zero-order valence-corrected chi connectivity index (χ0v) is 12.3. The third kappa shape index (κ3) is 5.73. The Morgan fingerprint density at radius 1 is 1.00 bits per heavy atom. The highest BCUT2D eigenvalue weighted by atomic mass is 35.5. The van der Waals surface area contributed by atoms with E-state index in [1.807, 2.05) is 0 Å². The molecular weight excluding hydrogens is 305 g/mol. The van der Waals surface area contributed by atoms with E-state index in [-0.39, 0.29) is 5.75 Å². The SMILES string of the molecule is FC(F)(F)Oc1ccc(CN2CCN(CCCl)CC2)cc1. The van der Waals surface area contributed by atoms with E-state index in [1.165, 1.54) is 12.1 Å². The Morgan fingerprint density at radius 3 is 2.10 bits per heavy atom. The fourth-order valence-corrected chi connectivity index (χ4v) is 2.58. The van der Waals surface area contributed by atoms with Gasteiger partial charge in [-0.15, -0.1) is 24.8 Å². The molecule has 1 aliphatic heterocycles. The molecule has 1 fully saturated rings. The van der Waals surface area contributed by atoms with Crippen molar-refractivity contribution in [3.05, 3.63) is 29.8 Å². The summed E-state index contributed by atoms with van der Waals surface area (Å²) in [4.78, 5) is 4.59. The maximum atomic E-state index is 12.1. The van der Waals surface area contributed by atoms with E-state index in [2.05, 4.69) is 14.5 Å². The molecular formula is C14H18ClF3N2O. The first-order chi connectivity index (χ1) is 9.96. The second kappa shape index (κ2) is 7.33. The number of benzene rings is 1. The number of hydrogen-bond acceptors (Lipinski definition) is 3. The van der Waals surface area contributed by atoms with E-state index >= 15 is 0 Å². The Morgan fingerprint density at radius 2 is 1.57 bits per heavy atom. The second-order valence-corrected chi connectivity index (χ2v) is 5.38. The summed E-state index contributed by atoms with van der Waals surface area (Å²) in [5.74, 6) is 0.457. The maximum Gasteiger partial charge on any atom is 0.573 e. The van der Waals surface area contributed by atoms with E-state index in [0.29, 0.717) is 5.88 Å². The molecule has 0 atom stereocenters. The summed E-state index contributed by atoms with van der Waals surface area (Å²) in [5, 5.41) is 0. The first-order valence-electron chi connectivity index (χ1n) is 6.81. The standard InChI is InChI=1S/C14H18ClF3N2O/c15-5-6-19-7-9-20(10-8-19)11-12-1-3-13(4-2-12)21-14(16,17)18/h1-4H,5-11H2. The minimum absolute atomic E-state index is 0.182. The molecule has 21 heavy (non-hydrogen) atoms. The van der Waals surface area contributed by atoms with Crippen LogP contribution in [0, 0.1) is 0 Å². The van der Waals surface area contributed by atoms with E-state index in [1.54, 1.807) is 12.1 Å². The quantitative estimate of drug-likeness (QED) is 0.775. The Balaban J connectivity index is 1.81. The largest absolute Gasteiger partial charge is 0.573 e. The highest BCUT2D eigenvalue weighted by Crippen LogP contribution is 2.23. The molecule has 0 bridgehead atoms. The van der Waals surface area contributed by atoms with Gasteiger partial charge >= 0.3 is 6.36 Å². The van der Waals surface area contributed by atoms with E-state index in [9.17, 15) is 13.2 Å². The summed E-state index contributed by atoms with van der Waals surface area (Å²) in [6, 6.07) is 6.05. The summed E-state index contributed by atoms with van der Waals surface area (Å²) in [5.41, 5.74) is 0.982. The third-order valence-electron chi connectivity index (χ3n) is 3.43. The van der Waals surface area contributed by atoms with Crippen LogP contribution in [0.3, 0.4) is 0 Å². The number of hydrogen-bond donors (Lipinski definition) is 0. The van der Waals surface area contributed by atoms with E-state index in [0.717, 1.165) is 44.8 Å². The maximum absolute atomic E-state index is 12.1. The van der Waals surface area contributed by atoms with Crippen molar-refractivity contribution in [1.82, 2.24) is 9.80 Å². The molecule has 118 valence electrons. The predicted octanol–water partition coefficient (Wildman–Crippen LogP) is 2.94. The average molecular weight is 323 g/mol. The molecule has 0 saturated carbocycles. The topological polar surface area (TPSA) is 15.7 Å². The first-order valence-corrected chi connectivity index (χ1v) is 7.35. The Kier molecular flexibility index (Phi) is 5.72. The zero-order chi connectivity index (χ0) is 15.3. The summed E-state index contributed by atoms with van der Waals surface area (Å²) in [6.45, 7) is 5.47. The molecule has 2 rings (SSSR count). The van der Waals surface area contributed by atoms with Gasteiger partial charge in [0.25, 0.3) is 0 Å². The minimum Gasteiger partial charge on any atom is -0.406 e. The predicted molar refractivity (Wildman–Crippen MR) is 75.6 cm³/mol. The van der Waals surface area contributed by atoms with Crippen molar-refractivity contribution in [2.24, 2.45) is 0 Å². The van der Waals surface area contributed by atoms with Crippen LogP contribution in [0.5, 0.6) is 5.75 Å². The van der Waals surface area contributed by atoms with Crippen molar-refractivity contribution < 1.29 is 17.9 Å². The number of nitrogens with zero attached hydrogens (tertiary/aromatic N) is 2. The van der Waals surface area contributed by atoms with Gasteiger partial charge in [0.05, 0.1) is 0 Å². The van der Waals surface area contributed by atoms with Crippen molar-refractivity contribution in [1.29, 1.82) is 0 Å². The third-order valence-corrected chi connectivity index (χ3v) is 3.60. The van der Waals surface area contributed by atoms with Gasteiger partial charge in [-0.05, 0) is 17.7 Å². The highest BCUT2D eigenvalue weighted by molar-refractivity contribution is 6.18. The summed E-state index contributed by atoms with van der Waals surface area (Å²) < 4.78 is 40.1. The Bertz CT molecular complexity index is 431. The normalized spacial score (nSPS) is 17.9. The van der Waals surface area contributed by atoms with Crippen molar-refractivity contribution >= 4 is 11.6 Å². The lowest BCUT2D eigenvalue weighted by Crippen LogP contribution is -2.46. The lowest BCUT2D eigenvalue weighted by molar-refractivity contribution is -0.274. The first kappa shape index (κ1) is 16.4. The van der Waals surface area contributed by atoms with E-state index < -0.39 is 6.36 Å². The fourth-order valence-electron chi connectivity index (χ4n) is 2.35. The number of piperazine rings is 1. The number of alkyl halides is 4. The number of halogens is 4. The molecule has 3 nitrogen and oxygen atoms in total. The molecule has 0 aliphatic carbocycles. The van der Waals surface area contributed by atoms with Crippen LogP contribution in [0.1, 0.15) is 5.56 Å².